The Labute approximate surface area is 126 Å². The van der Waals surface area contributed by atoms with Crippen LogP contribution in [-0.2, 0) is 9.59 Å². The molecule has 2 rings (SSSR count). The summed E-state index contributed by atoms with van der Waals surface area (Å²) in [6.07, 6.45) is 1.30. The molecule has 1 aromatic carbocycles. The normalized spacial score (nSPS) is 20.4. The van der Waals surface area contributed by atoms with E-state index < -0.39 is 11.8 Å². The lowest BCUT2D eigenvalue weighted by atomic mass is 9.87. The number of halogens is 1. The van der Waals surface area contributed by atoms with E-state index in [1.165, 1.54) is 0 Å². The fourth-order valence-electron chi connectivity index (χ4n) is 2.41. The Hall–Kier alpha value is -1.67. The molecule has 1 aromatic rings. The Morgan fingerprint density at radius 2 is 2.20 bits per heavy atom. The van der Waals surface area contributed by atoms with Gasteiger partial charge in [-0.3, -0.25) is 9.59 Å². The van der Waals surface area contributed by atoms with Gasteiger partial charge in [0.2, 0.25) is 5.91 Å². The second kappa shape index (κ2) is 6.19. The summed E-state index contributed by atoms with van der Waals surface area (Å²) < 4.78 is 0.829. The first-order chi connectivity index (χ1) is 9.56. The van der Waals surface area contributed by atoms with Crippen molar-refractivity contribution >= 4 is 33.3 Å². The van der Waals surface area contributed by atoms with Crippen LogP contribution in [0.1, 0.15) is 19.8 Å². The third-order valence-corrected chi connectivity index (χ3v) is 4.22. The molecule has 1 amide bonds. The molecule has 4 nitrogen and oxygen atoms in total. The van der Waals surface area contributed by atoms with Gasteiger partial charge in [0.25, 0.3) is 0 Å². The van der Waals surface area contributed by atoms with Gasteiger partial charge in [-0.2, -0.15) is 5.26 Å². The van der Waals surface area contributed by atoms with Crippen molar-refractivity contribution < 1.29 is 9.59 Å². The van der Waals surface area contributed by atoms with Crippen LogP contribution in [0.4, 0.5) is 5.69 Å². The first-order valence-corrected chi connectivity index (χ1v) is 7.34. The van der Waals surface area contributed by atoms with Gasteiger partial charge in [0.1, 0.15) is 5.92 Å². The fraction of sp³-hybridized carbons (Fsp3) is 0.400. The van der Waals surface area contributed by atoms with Gasteiger partial charge < -0.3 is 4.90 Å². The lowest BCUT2D eigenvalue weighted by Crippen LogP contribution is -2.45. The summed E-state index contributed by atoms with van der Waals surface area (Å²) in [6.45, 7) is 2.15. The number of hydrogen-bond donors (Lipinski definition) is 0. The summed E-state index contributed by atoms with van der Waals surface area (Å²) in [4.78, 5) is 26.3. The van der Waals surface area contributed by atoms with Gasteiger partial charge >= 0.3 is 0 Å². The molecule has 0 unspecified atom stereocenters. The van der Waals surface area contributed by atoms with E-state index in [2.05, 4.69) is 15.9 Å². The van der Waals surface area contributed by atoms with Crippen molar-refractivity contribution in [1.82, 2.24) is 0 Å². The molecule has 0 aliphatic carbocycles. The van der Waals surface area contributed by atoms with Gasteiger partial charge in [0.05, 0.1) is 17.7 Å². The van der Waals surface area contributed by atoms with Crippen molar-refractivity contribution in [2.24, 2.45) is 11.8 Å². The maximum Gasteiger partial charge on any atom is 0.237 e. The minimum absolute atomic E-state index is 0.199. The van der Waals surface area contributed by atoms with E-state index in [1.54, 1.807) is 11.8 Å². The van der Waals surface area contributed by atoms with Crippen molar-refractivity contribution in [3.8, 4) is 6.07 Å². The van der Waals surface area contributed by atoms with E-state index >= 15 is 0 Å². The highest BCUT2D eigenvalue weighted by Gasteiger charge is 2.37. The topological polar surface area (TPSA) is 61.2 Å². The third kappa shape index (κ3) is 2.75. The van der Waals surface area contributed by atoms with Crippen molar-refractivity contribution in [1.29, 1.82) is 5.26 Å². The fourth-order valence-corrected chi connectivity index (χ4v) is 2.91. The molecule has 0 bridgehead atoms. The number of carbonyl (C=O) groups is 2. The molecular formula is C15H15BrN2O2. The van der Waals surface area contributed by atoms with E-state index in [0.29, 0.717) is 13.0 Å². The number of nitrogens with zero attached hydrogens (tertiary/aromatic N) is 2. The van der Waals surface area contributed by atoms with Gasteiger partial charge in [-0.05, 0) is 47.8 Å². The minimum Gasteiger partial charge on any atom is -0.311 e. The van der Waals surface area contributed by atoms with E-state index in [9.17, 15) is 9.59 Å². The maximum atomic E-state index is 12.5. The smallest absolute Gasteiger partial charge is 0.237 e. The first-order valence-electron chi connectivity index (χ1n) is 6.55. The van der Waals surface area contributed by atoms with Crippen molar-refractivity contribution in [3.05, 3.63) is 28.7 Å². The van der Waals surface area contributed by atoms with Crippen LogP contribution in [0.15, 0.2) is 28.7 Å². The van der Waals surface area contributed by atoms with E-state index in [1.807, 2.05) is 30.3 Å². The summed E-state index contributed by atoms with van der Waals surface area (Å²) in [7, 11) is 0. The second-order valence-corrected chi connectivity index (χ2v) is 5.74. The van der Waals surface area contributed by atoms with Crippen LogP contribution in [0, 0.1) is 23.2 Å². The number of rotatable bonds is 3. The third-order valence-electron chi connectivity index (χ3n) is 3.55. The van der Waals surface area contributed by atoms with Crippen molar-refractivity contribution in [3.63, 3.8) is 0 Å². The predicted molar refractivity (Wildman–Crippen MR) is 79.0 cm³/mol. The highest BCUT2D eigenvalue weighted by molar-refractivity contribution is 9.10. The van der Waals surface area contributed by atoms with Crippen LogP contribution in [-0.4, -0.2) is 18.2 Å². The van der Waals surface area contributed by atoms with E-state index in [4.69, 9.17) is 5.26 Å². The van der Waals surface area contributed by atoms with Crippen LogP contribution < -0.4 is 4.90 Å². The summed E-state index contributed by atoms with van der Waals surface area (Å²) in [5.74, 6) is -1.89. The van der Waals surface area contributed by atoms with Gasteiger partial charge in [-0.15, -0.1) is 0 Å². The minimum atomic E-state index is -0.733. The Morgan fingerprint density at radius 1 is 1.50 bits per heavy atom. The number of piperidine rings is 1. The molecule has 1 aliphatic rings. The Morgan fingerprint density at radius 3 is 2.85 bits per heavy atom. The summed E-state index contributed by atoms with van der Waals surface area (Å²) in [5, 5.41) is 8.85. The molecule has 0 N–H and O–H groups in total. The molecule has 0 aromatic heterocycles. The maximum absolute atomic E-state index is 12.5. The first kappa shape index (κ1) is 14.7. The molecule has 1 heterocycles. The largest absolute Gasteiger partial charge is 0.311 e. The zero-order chi connectivity index (χ0) is 14.7. The predicted octanol–water partition coefficient (Wildman–Crippen LogP) is 2.92. The standard InChI is InChI=1S/C15H15BrN2O2/c1-10(9-17)14(19)11-5-4-8-18(15(11)20)13-7-3-2-6-12(13)16/h2-3,6-7,10-11H,4-5,8H2,1H3/t10-,11+/m1/s1. The Balaban J connectivity index is 2.26. The van der Waals surface area contributed by atoms with Gasteiger partial charge in [0, 0.05) is 11.0 Å². The van der Waals surface area contributed by atoms with Gasteiger partial charge in [-0.25, -0.2) is 0 Å². The molecular weight excluding hydrogens is 320 g/mol. The number of anilines is 1. The molecule has 2 atom stereocenters. The number of nitriles is 1. The second-order valence-electron chi connectivity index (χ2n) is 4.89. The van der Waals surface area contributed by atoms with E-state index in [-0.39, 0.29) is 11.7 Å². The van der Waals surface area contributed by atoms with Crippen LogP contribution in [0.25, 0.3) is 0 Å². The Bertz CT molecular complexity index is 579. The molecule has 0 saturated carbocycles. The highest BCUT2D eigenvalue weighted by atomic mass is 79.9. The number of hydrogen-bond acceptors (Lipinski definition) is 3. The van der Waals surface area contributed by atoms with Crippen molar-refractivity contribution in [2.45, 2.75) is 19.8 Å². The summed E-state index contributed by atoms with van der Waals surface area (Å²) in [5.41, 5.74) is 0.777. The molecule has 104 valence electrons. The molecule has 0 radical (unpaired) electrons. The zero-order valence-corrected chi connectivity index (χ0v) is 12.8. The Kier molecular flexibility index (Phi) is 4.56. The molecule has 20 heavy (non-hydrogen) atoms. The highest BCUT2D eigenvalue weighted by Crippen LogP contribution is 2.31. The number of ketones is 1. The molecule has 1 aliphatic heterocycles. The number of Topliss-reactive ketones (excluding diaryl/α,β-unsaturated/α-hetero) is 1. The SMILES string of the molecule is C[C@H](C#N)C(=O)[C@@H]1CCCN(c2ccccc2Br)C1=O. The molecule has 1 fully saturated rings. The number of amides is 1. The zero-order valence-electron chi connectivity index (χ0n) is 11.2. The lowest BCUT2D eigenvalue weighted by molar-refractivity contribution is -0.135. The quantitative estimate of drug-likeness (QED) is 0.798. The van der Waals surface area contributed by atoms with E-state index in [0.717, 1.165) is 16.6 Å². The molecule has 0 spiro atoms. The van der Waals surface area contributed by atoms with Crippen LogP contribution >= 0.6 is 15.9 Å². The van der Waals surface area contributed by atoms with Crippen LogP contribution in [0.5, 0.6) is 0 Å². The molecule has 5 heteroatoms. The average Bonchev–Trinajstić information content (AvgIpc) is 2.47. The van der Waals surface area contributed by atoms with Gasteiger partial charge in [-0.1, -0.05) is 12.1 Å². The monoisotopic (exact) mass is 334 g/mol. The average molecular weight is 335 g/mol. The number of benzene rings is 1. The number of para-hydroxylation sites is 1. The number of carbonyl (C=O) groups excluding carboxylic acids is 2. The summed E-state index contributed by atoms with van der Waals surface area (Å²) in [6, 6.07) is 9.37. The van der Waals surface area contributed by atoms with Crippen molar-refractivity contribution in [2.75, 3.05) is 11.4 Å². The summed E-state index contributed by atoms with van der Waals surface area (Å²) >= 11 is 3.43. The van der Waals surface area contributed by atoms with Crippen LogP contribution in [0.3, 0.4) is 0 Å². The molecule has 1 saturated heterocycles. The van der Waals surface area contributed by atoms with Gasteiger partial charge in [0.15, 0.2) is 5.78 Å². The lowest BCUT2D eigenvalue weighted by Gasteiger charge is -2.32. The van der Waals surface area contributed by atoms with Crippen LogP contribution in [0.2, 0.25) is 0 Å².